The van der Waals surface area contributed by atoms with Gasteiger partial charge in [0.05, 0.1) is 17.8 Å². The van der Waals surface area contributed by atoms with Crippen LogP contribution in [0.1, 0.15) is 5.56 Å². The number of halogens is 1. The summed E-state index contributed by atoms with van der Waals surface area (Å²) in [5, 5.41) is 13.2. The topological polar surface area (TPSA) is 58.4 Å². The molecule has 1 aliphatic heterocycles. The Bertz CT molecular complexity index is 618. The number of carboxylic acid groups (broad SMARTS) is 1. The minimum atomic E-state index is -0.702. The molecule has 5 nitrogen and oxygen atoms in total. The molecule has 3 rings (SSSR count). The van der Waals surface area contributed by atoms with Gasteiger partial charge in [0.15, 0.2) is 0 Å². The monoisotopic (exact) mass is 335 g/mol. The zero-order chi connectivity index (χ0) is 14.1. The van der Waals surface area contributed by atoms with Gasteiger partial charge in [-0.1, -0.05) is 15.9 Å². The van der Waals surface area contributed by atoms with Crippen LogP contribution in [-0.2, 0) is 11.3 Å². The van der Waals surface area contributed by atoms with E-state index in [1.807, 2.05) is 41.3 Å². The van der Waals surface area contributed by atoms with Gasteiger partial charge in [0.25, 0.3) is 0 Å². The van der Waals surface area contributed by atoms with E-state index >= 15 is 0 Å². The van der Waals surface area contributed by atoms with Crippen molar-refractivity contribution in [2.24, 2.45) is 5.92 Å². The smallest absolute Gasteiger partial charge is 0.309 e. The zero-order valence-corrected chi connectivity index (χ0v) is 12.3. The Morgan fingerprint density at radius 2 is 2.05 bits per heavy atom. The van der Waals surface area contributed by atoms with E-state index in [4.69, 9.17) is 5.11 Å². The molecule has 1 fully saturated rings. The number of aromatic nitrogens is 2. The number of nitrogens with zero attached hydrogens (tertiary/aromatic N) is 3. The Kier molecular flexibility index (Phi) is 3.58. The molecule has 1 aliphatic rings. The minimum absolute atomic E-state index is 0.212. The lowest BCUT2D eigenvalue weighted by Gasteiger charge is -2.36. The van der Waals surface area contributed by atoms with Crippen LogP contribution in [0.3, 0.4) is 0 Å². The lowest BCUT2D eigenvalue weighted by Crippen LogP contribution is -2.49. The third kappa shape index (κ3) is 2.76. The molecule has 6 heteroatoms. The maximum Gasteiger partial charge on any atom is 0.309 e. The molecule has 0 saturated carbocycles. The molecular weight excluding hydrogens is 322 g/mol. The quantitative estimate of drug-likeness (QED) is 0.930. The first kappa shape index (κ1) is 13.3. The summed E-state index contributed by atoms with van der Waals surface area (Å²) in [5.74, 6) is -0.914. The van der Waals surface area contributed by atoms with Gasteiger partial charge in [-0.05, 0) is 24.3 Å². The highest BCUT2D eigenvalue weighted by Crippen LogP contribution is 2.19. The zero-order valence-electron chi connectivity index (χ0n) is 10.7. The molecule has 1 N–H and O–H groups in total. The Morgan fingerprint density at radius 1 is 1.35 bits per heavy atom. The summed E-state index contributed by atoms with van der Waals surface area (Å²) in [5.41, 5.74) is 2.10. The van der Waals surface area contributed by atoms with Crippen LogP contribution in [0.25, 0.3) is 5.69 Å². The lowest BCUT2D eigenvalue weighted by molar-refractivity contribution is -0.147. The van der Waals surface area contributed by atoms with Gasteiger partial charge in [-0.3, -0.25) is 9.69 Å². The van der Waals surface area contributed by atoms with Crippen molar-refractivity contribution >= 4 is 21.9 Å². The Morgan fingerprint density at radius 3 is 2.70 bits per heavy atom. The molecule has 0 amide bonds. The SMILES string of the molecule is O=C(O)C1CN(Cc2cnn(-c3ccc(Br)cc3)c2)C1. The fraction of sp³-hybridized carbons (Fsp3) is 0.286. The maximum absolute atomic E-state index is 10.7. The molecule has 0 bridgehead atoms. The van der Waals surface area contributed by atoms with Crippen molar-refractivity contribution in [2.45, 2.75) is 6.54 Å². The van der Waals surface area contributed by atoms with Crippen LogP contribution in [0.15, 0.2) is 41.1 Å². The predicted octanol–water partition coefficient (Wildman–Crippen LogP) is 2.15. The van der Waals surface area contributed by atoms with Crippen molar-refractivity contribution in [3.05, 3.63) is 46.7 Å². The first-order valence-electron chi connectivity index (χ1n) is 6.36. The Hall–Kier alpha value is -1.66. The van der Waals surface area contributed by atoms with E-state index < -0.39 is 5.97 Å². The summed E-state index contributed by atoms with van der Waals surface area (Å²) in [6, 6.07) is 7.93. The molecule has 0 atom stereocenters. The van der Waals surface area contributed by atoms with Gasteiger partial charge in [0, 0.05) is 35.9 Å². The van der Waals surface area contributed by atoms with Crippen molar-refractivity contribution in [2.75, 3.05) is 13.1 Å². The van der Waals surface area contributed by atoms with Crippen LogP contribution in [0.5, 0.6) is 0 Å². The van der Waals surface area contributed by atoms with Gasteiger partial charge >= 0.3 is 5.97 Å². The summed E-state index contributed by atoms with van der Waals surface area (Å²) in [4.78, 5) is 12.9. The number of rotatable bonds is 4. The predicted molar refractivity (Wildman–Crippen MR) is 77.7 cm³/mol. The molecule has 0 aliphatic carbocycles. The summed E-state index contributed by atoms with van der Waals surface area (Å²) in [6.45, 7) is 2.00. The second-order valence-corrected chi connectivity index (χ2v) is 5.91. The van der Waals surface area contributed by atoms with E-state index in [1.165, 1.54) is 0 Å². The van der Waals surface area contributed by atoms with Crippen LogP contribution in [0.2, 0.25) is 0 Å². The first-order valence-corrected chi connectivity index (χ1v) is 7.16. The fourth-order valence-electron chi connectivity index (χ4n) is 2.29. The highest BCUT2D eigenvalue weighted by atomic mass is 79.9. The molecule has 20 heavy (non-hydrogen) atoms. The summed E-state index contributed by atoms with van der Waals surface area (Å²) < 4.78 is 2.87. The second kappa shape index (κ2) is 5.38. The van der Waals surface area contributed by atoms with Gasteiger partial charge in [-0.25, -0.2) is 4.68 Å². The molecule has 0 spiro atoms. The summed E-state index contributed by atoms with van der Waals surface area (Å²) in [6.07, 6.45) is 3.81. The van der Waals surface area contributed by atoms with Gasteiger partial charge in [0.2, 0.25) is 0 Å². The average molecular weight is 336 g/mol. The minimum Gasteiger partial charge on any atom is -0.481 e. The first-order chi connectivity index (χ1) is 9.61. The van der Waals surface area contributed by atoms with E-state index in [9.17, 15) is 4.79 Å². The second-order valence-electron chi connectivity index (χ2n) is 5.00. The van der Waals surface area contributed by atoms with Crippen LogP contribution in [-0.4, -0.2) is 38.8 Å². The number of benzene rings is 1. The third-order valence-electron chi connectivity index (χ3n) is 3.44. The van der Waals surface area contributed by atoms with E-state index in [2.05, 4.69) is 25.9 Å². The van der Waals surface area contributed by atoms with Crippen molar-refractivity contribution in [1.29, 1.82) is 0 Å². The van der Waals surface area contributed by atoms with E-state index in [1.54, 1.807) is 0 Å². The normalized spacial score (nSPS) is 16.1. The van der Waals surface area contributed by atoms with Gasteiger partial charge in [-0.15, -0.1) is 0 Å². The largest absolute Gasteiger partial charge is 0.481 e. The van der Waals surface area contributed by atoms with Crippen molar-refractivity contribution < 1.29 is 9.90 Å². The van der Waals surface area contributed by atoms with Crippen LogP contribution in [0.4, 0.5) is 0 Å². The number of likely N-dealkylation sites (tertiary alicyclic amines) is 1. The molecule has 104 valence electrons. The lowest BCUT2D eigenvalue weighted by atomic mass is 10.0. The molecule has 1 aromatic carbocycles. The number of carboxylic acids is 1. The van der Waals surface area contributed by atoms with E-state index in [0.717, 1.165) is 22.3 Å². The van der Waals surface area contributed by atoms with Crippen LogP contribution >= 0.6 is 15.9 Å². The van der Waals surface area contributed by atoms with Gasteiger partial charge < -0.3 is 5.11 Å². The molecule has 0 unspecified atom stereocenters. The van der Waals surface area contributed by atoms with Crippen LogP contribution < -0.4 is 0 Å². The number of carbonyl (C=O) groups is 1. The van der Waals surface area contributed by atoms with Crippen LogP contribution in [0, 0.1) is 5.92 Å². The fourth-order valence-corrected chi connectivity index (χ4v) is 2.55. The number of hydrogen-bond donors (Lipinski definition) is 1. The molecule has 2 aromatic rings. The summed E-state index contributed by atoms with van der Waals surface area (Å²) >= 11 is 3.41. The van der Waals surface area contributed by atoms with Gasteiger partial charge in [0.1, 0.15) is 0 Å². The Balaban J connectivity index is 1.63. The highest BCUT2D eigenvalue weighted by Gasteiger charge is 2.32. The average Bonchev–Trinajstić information content (AvgIpc) is 2.82. The molecule has 0 radical (unpaired) electrons. The van der Waals surface area contributed by atoms with E-state index in [-0.39, 0.29) is 5.92 Å². The van der Waals surface area contributed by atoms with E-state index in [0.29, 0.717) is 13.1 Å². The molecule has 1 aromatic heterocycles. The molecular formula is C14H14BrN3O2. The number of hydrogen-bond acceptors (Lipinski definition) is 3. The highest BCUT2D eigenvalue weighted by molar-refractivity contribution is 9.10. The van der Waals surface area contributed by atoms with Crippen molar-refractivity contribution in [3.8, 4) is 5.69 Å². The standard InChI is InChI=1S/C14H14BrN3O2/c15-12-1-3-13(4-2-12)18-7-10(5-16-18)6-17-8-11(9-17)14(19)20/h1-5,7,11H,6,8-9H2,(H,19,20). The number of aliphatic carboxylic acids is 1. The summed E-state index contributed by atoms with van der Waals surface area (Å²) in [7, 11) is 0. The maximum atomic E-state index is 10.7. The van der Waals surface area contributed by atoms with Gasteiger partial charge in [-0.2, -0.15) is 5.10 Å². The third-order valence-corrected chi connectivity index (χ3v) is 3.97. The molecule has 1 saturated heterocycles. The Labute approximate surface area is 124 Å². The van der Waals surface area contributed by atoms with Crippen molar-refractivity contribution in [1.82, 2.24) is 14.7 Å². The molecule has 2 heterocycles. The van der Waals surface area contributed by atoms with Crippen molar-refractivity contribution in [3.63, 3.8) is 0 Å².